The summed E-state index contributed by atoms with van der Waals surface area (Å²) in [5.74, 6) is 0. The van der Waals surface area contributed by atoms with Crippen molar-refractivity contribution < 1.29 is 0 Å². The lowest BCUT2D eigenvalue weighted by molar-refractivity contribution is 0.559. The molecule has 36 heavy (non-hydrogen) atoms. The van der Waals surface area contributed by atoms with Gasteiger partial charge in [0.1, 0.15) is 0 Å². The third-order valence-corrected chi connectivity index (χ3v) is 7.70. The highest BCUT2D eigenvalue weighted by Gasteiger charge is 2.17. The Morgan fingerprint density at radius 2 is 1.86 bits per heavy atom. The normalized spacial score (nSPS) is 11.9. The van der Waals surface area contributed by atoms with Crippen LogP contribution >= 0.6 is 34.5 Å². The second-order valence-electron chi connectivity index (χ2n) is 8.36. The number of hydrogen-bond acceptors (Lipinski definition) is 4. The number of hydrogen-bond donors (Lipinski definition) is 0. The Balaban J connectivity index is 1.61. The first-order chi connectivity index (χ1) is 17.4. The van der Waals surface area contributed by atoms with Crippen LogP contribution in [0.2, 0.25) is 10.0 Å². The molecule has 10 heteroatoms. The van der Waals surface area contributed by atoms with Crippen molar-refractivity contribution in [1.82, 2.24) is 23.5 Å². The molecule has 0 N–H and O–H groups in total. The van der Waals surface area contributed by atoms with Crippen molar-refractivity contribution in [3.05, 3.63) is 104 Å². The van der Waals surface area contributed by atoms with E-state index in [9.17, 15) is 4.79 Å². The molecule has 5 rings (SSSR count). The van der Waals surface area contributed by atoms with Gasteiger partial charge in [-0.1, -0.05) is 47.5 Å². The molecule has 0 unspecified atom stereocenters. The van der Waals surface area contributed by atoms with Crippen molar-refractivity contribution in [3.63, 3.8) is 0 Å². The first-order valence-electron chi connectivity index (χ1n) is 11.4. The molecule has 0 saturated heterocycles. The average molecular weight is 539 g/mol. The minimum atomic E-state index is -0.157. The van der Waals surface area contributed by atoms with Crippen LogP contribution < -0.4 is 10.4 Å². The SMILES string of the molecule is Cc1c(N=c2scc(-c3ccc(Cl)c(Cl)c3)n2CCCn2ccnc2)c(=O)n(-c2ccccc2)n1C. The average Bonchev–Trinajstić information content (AvgIpc) is 3.59. The van der Waals surface area contributed by atoms with Crippen LogP contribution in [-0.2, 0) is 20.1 Å². The molecule has 0 saturated carbocycles. The first-order valence-corrected chi connectivity index (χ1v) is 13.1. The number of para-hydroxylation sites is 1. The van der Waals surface area contributed by atoms with E-state index in [4.69, 9.17) is 28.2 Å². The van der Waals surface area contributed by atoms with Crippen molar-refractivity contribution in [3.8, 4) is 16.9 Å². The molecule has 3 heterocycles. The van der Waals surface area contributed by atoms with Gasteiger partial charge in [-0.3, -0.25) is 9.48 Å². The van der Waals surface area contributed by atoms with Crippen molar-refractivity contribution in [2.45, 2.75) is 26.4 Å². The van der Waals surface area contributed by atoms with Gasteiger partial charge in [-0.25, -0.2) is 14.7 Å². The zero-order chi connectivity index (χ0) is 25.2. The number of thiazole rings is 1. The summed E-state index contributed by atoms with van der Waals surface area (Å²) in [5.41, 5.74) is 3.77. The topological polar surface area (TPSA) is 62.0 Å². The monoisotopic (exact) mass is 538 g/mol. The van der Waals surface area contributed by atoms with Crippen molar-refractivity contribution in [2.24, 2.45) is 12.0 Å². The third kappa shape index (κ3) is 4.72. The zero-order valence-corrected chi connectivity index (χ0v) is 22.1. The Morgan fingerprint density at radius 3 is 2.58 bits per heavy atom. The number of nitrogens with zero attached hydrogens (tertiary/aromatic N) is 6. The Kier molecular flexibility index (Phi) is 7.00. The summed E-state index contributed by atoms with van der Waals surface area (Å²) in [4.78, 5) is 23.2. The molecule has 0 aliphatic heterocycles. The van der Waals surface area contributed by atoms with E-state index in [1.165, 1.54) is 11.3 Å². The molecule has 0 aliphatic carbocycles. The second-order valence-corrected chi connectivity index (χ2v) is 10.0. The van der Waals surface area contributed by atoms with E-state index in [0.29, 0.717) is 22.3 Å². The summed E-state index contributed by atoms with van der Waals surface area (Å²) in [6.45, 7) is 3.43. The van der Waals surface area contributed by atoms with Crippen LogP contribution in [0.15, 0.2) is 82.4 Å². The molecule has 0 spiro atoms. The Morgan fingerprint density at radius 1 is 1.06 bits per heavy atom. The lowest BCUT2D eigenvalue weighted by Gasteiger charge is -2.10. The summed E-state index contributed by atoms with van der Waals surface area (Å²) in [6, 6.07) is 15.2. The van der Waals surface area contributed by atoms with Crippen LogP contribution in [0, 0.1) is 6.92 Å². The van der Waals surface area contributed by atoms with Crippen LogP contribution in [-0.4, -0.2) is 23.5 Å². The van der Waals surface area contributed by atoms with Gasteiger partial charge in [0.05, 0.1) is 33.4 Å². The van der Waals surface area contributed by atoms with Gasteiger partial charge in [-0.2, -0.15) is 0 Å². The summed E-state index contributed by atoms with van der Waals surface area (Å²) < 4.78 is 7.67. The molecule has 3 aromatic heterocycles. The fourth-order valence-corrected chi connectivity index (χ4v) is 5.37. The van der Waals surface area contributed by atoms with Gasteiger partial charge in [-0.15, -0.1) is 11.3 Å². The van der Waals surface area contributed by atoms with Crippen LogP contribution in [0.4, 0.5) is 5.69 Å². The van der Waals surface area contributed by atoms with Gasteiger partial charge in [0.25, 0.3) is 5.56 Å². The molecule has 5 aromatic rings. The lowest BCUT2D eigenvalue weighted by Crippen LogP contribution is -2.20. The molecule has 2 aromatic carbocycles. The zero-order valence-electron chi connectivity index (χ0n) is 19.8. The van der Waals surface area contributed by atoms with E-state index in [-0.39, 0.29) is 5.56 Å². The maximum atomic E-state index is 13.5. The summed E-state index contributed by atoms with van der Waals surface area (Å²) in [5, 5.41) is 3.05. The molecule has 7 nitrogen and oxygen atoms in total. The van der Waals surface area contributed by atoms with Crippen molar-refractivity contribution in [1.29, 1.82) is 0 Å². The summed E-state index contributed by atoms with van der Waals surface area (Å²) >= 11 is 14.0. The Bertz CT molecular complexity index is 1630. The van der Waals surface area contributed by atoms with Gasteiger partial charge in [0.2, 0.25) is 0 Å². The molecular formula is C26H24Cl2N6OS. The molecule has 184 valence electrons. The largest absolute Gasteiger partial charge is 0.337 e. The number of rotatable bonds is 7. The number of aromatic nitrogens is 5. The molecule has 0 aliphatic rings. The molecule has 0 atom stereocenters. The minimum Gasteiger partial charge on any atom is -0.337 e. The number of halogens is 2. The minimum absolute atomic E-state index is 0.157. The van der Waals surface area contributed by atoms with E-state index >= 15 is 0 Å². The summed E-state index contributed by atoms with van der Waals surface area (Å²) in [7, 11) is 1.87. The van der Waals surface area contributed by atoms with Gasteiger partial charge in [-0.05, 0) is 37.6 Å². The van der Waals surface area contributed by atoms with Gasteiger partial charge < -0.3 is 9.13 Å². The third-order valence-electron chi connectivity index (χ3n) is 6.10. The highest BCUT2D eigenvalue weighted by atomic mass is 35.5. The highest BCUT2D eigenvalue weighted by molar-refractivity contribution is 7.07. The van der Waals surface area contributed by atoms with Gasteiger partial charge in [0.15, 0.2) is 10.5 Å². The van der Waals surface area contributed by atoms with Crippen molar-refractivity contribution >= 4 is 40.2 Å². The maximum Gasteiger partial charge on any atom is 0.297 e. The molecule has 0 bridgehead atoms. The van der Waals surface area contributed by atoms with E-state index in [1.54, 1.807) is 16.9 Å². The predicted octanol–water partition coefficient (Wildman–Crippen LogP) is 5.84. The van der Waals surface area contributed by atoms with E-state index < -0.39 is 0 Å². The van der Waals surface area contributed by atoms with Crippen LogP contribution in [0.25, 0.3) is 16.9 Å². The molecule has 0 amide bonds. The fourth-order valence-electron chi connectivity index (χ4n) is 4.13. The van der Waals surface area contributed by atoms with E-state index in [1.807, 2.05) is 83.6 Å². The number of imidazole rings is 1. The number of aryl methyl sites for hydroxylation is 1. The van der Waals surface area contributed by atoms with Gasteiger partial charge >= 0.3 is 0 Å². The maximum absolute atomic E-state index is 13.5. The second kappa shape index (κ2) is 10.3. The molecular weight excluding hydrogens is 515 g/mol. The first kappa shape index (κ1) is 24.4. The predicted molar refractivity (Wildman–Crippen MR) is 146 cm³/mol. The Labute approximate surface area is 222 Å². The fraction of sp³-hybridized carbons (Fsp3) is 0.192. The van der Waals surface area contributed by atoms with E-state index in [2.05, 4.69) is 9.55 Å². The molecule has 0 fully saturated rings. The number of benzene rings is 2. The van der Waals surface area contributed by atoms with Crippen LogP contribution in [0.1, 0.15) is 12.1 Å². The Hall–Kier alpha value is -3.33. The van der Waals surface area contributed by atoms with Crippen molar-refractivity contribution in [2.75, 3.05) is 0 Å². The standard InChI is InChI=1S/C26H24Cl2N6OS/c1-18-24(25(35)34(31(18)2)20-7-4-3-5-8-20)30-26-33(13-6-12-32-14-11-29-17-32)23(16-36-26)19-9-10-21(27)22(28)15-19/h3-5,7-11,14-17H,6,12-13H2,1-2H3. The van der Waals surface area contributed by atoms with Crippen LogP contribution in [0.3, 0.4) is 0 Å². The molecule has 0 radical (unpaired) electrons. The smallest absolute Gasteiger partial charge is 0.297 e. The highest BCUT2D eigenvalue weighted by Crippen LogP contribution is 2.29. The summed E-state index contributed by atoms with van der Waals surface area (Å²) in [6.07, 6.45) is 6.39. The van der Waals surface area contributed by atoms with Gasteiger partial charge in [0, 0.05) is 43.5 Å². The lowest BCUT2D eigenvalue weighted by atomic mass is 10.1. The van der Waals surface area contributed by atoms with Crippen LogP contribution in [0.5, 0.6) is 0 Å². The quantitative estimate of drug-likeness (QED) is 0.261. The van der Waals surface area contributed by atoms with E-state index in [0.717, 1.165) is 40.4 Å².